The molecule has 3 heterocycles. The number of benzene rings is 1. The third kappa shape index (κ3) is 5.74. The van der Waals surface area contributed by atoms with E-state index in [9.17, 15) is 9.59 Å². The molecule has 2 aliphatic rings. The standard InChI is InChI=1S/C25H33N3O5/c1-19-22(20(2)33-26-19)15-23(29)28-13-14-32-25(17-28,18-31-21-9-5-3-6-10-21)16-24(30)27-11-7-4-8-12-27/h3,5-6,9-10H,4,7-8,11-18H2,1-2H3. The highest BCUT2D eigenvalue weighted by molar-refractivity contribution is 5.80. The minimum Gasteiger partial charge on any atom is -0.490 e. The van der Waals surface area contributed by atoms with Crippen molar-refractivity contribution < 1.29 is 23.6 Å². The maximum atomic E-state index is 13.2. The Labute approximate surface area is 194 Å². The molecule has 0 N–H and O–H groups in total. The van der Waals surface area contributed by atoms with Crippen molar-refractivity contribution in [2.75, 3.05) is 39.4 Å². The summed E-state index contributed by atoms with van der Waals surface area (Å²) in [6, 6.07) is 9.49. The fraction of sp³-hybridized carbons (Fsp3) is 0.560. The van der Waals surface area contributed by atoms with Crippen LogP contribution in [0.15, 0.2) is 34.9 Å². The number of aromatic nitrogens is 1. The van der Waals surface area contributed by atoms with Gasteiger partial charge in [0.2, 0.25) is 11.8 Å². The number of hydrogen-bond acceptors (Lipinski definition) is 6. The molecule has 0 bridgehead atoms. The number of para-hydroxylation sites is 1. The second-order valence-electron chi connectivity index (χ2n) is 9.05. The number of morpholine rings is 1. The van der Waals surface area contributed by atoms with Gasteiger partial charge in [-0.05, 0) is 45.2 Å². The first-order chi connectivity index (χ1) is 16.0. The highest BCUT2D eigenvalue weighted by atomic mass is 16.5. The van der Waals surface area contributed by atoms with E-state index in [1.54, 1.807) is 4.90 Å². The predicted molar refractivity (Wildman–Crippen MR) is 122 cm³/mol. The summed E-state index contributed by atoms with van der Waals surface area (Å²) in [5.41, 5.74) is 0.659. The highest BCUT2D eigenvalue weighted by Crippen LogP contribution is 2.27. The number of carbonyl (C=O) groups is 2. The Kier molecular flexibility index (Phi) is 7.33. The molecule has 2 aliphatic heterocycles. The van der Waals surface area contributed by atoms with Crippen molar-refractivity contribution in [2.24, 2.45) is 0 Å². The van der Waals surface area contributed by atoms with Gasteiger partial charge in [0, 0.05) is 25.2 Å². The van der Waals surface area contributed by atoms with Gasteiger partial charge in [-0.25, -0.2) is 0 Å². The third-order valence-electron chi connectivity index (χ3n) is 6.54. The summed E-state index contributed by atoms with van der Waals surface area (Å²) in [6.45, 7) is 6.57. The van der Waals surface area contributed by atoms with E-state index >= 15 is 0 Å². The van der Waals surface area contributed by atoms with Crippen molar-refractivity contribution in [3.8, 4) is 5.75 Å². The lowest BCUT2D eigenvalue weighted by Gasteiger charge is -2.43. The molecule has 4 rings (SSSR count). The van der Waals surface area contributed by atoms with Crippen LogP contribution in [0.3, 0.4) is 0 Å². The lowest BCUT2D eigenvalue weighted by Crippen LogP contribution is -2.58. The van der Waals surface area contributed by atoms with Gasteiger partial charge in [-0.2, -0.15) is 0 Å². The summed E-state index contributed by atoms with van der Waals surface area (Å²) >= 11 is 0. The molecule has 1 aromatic heterocycles. The molecule has 33 heavy (non-hydrogen) atoms. The summed E-state index contributed by atoms with van der Waals surface area (Å²) in [7, 11) is 0. The Morgan fingerprint density at radius 1 is 1.03 bits per heavy atom. The molecule has 2 saturated heterocycles. The van der Waals surface area contributed by atoms with E-state index in [4.69, 9.17) is 14.0 Å². The van der Waals surface area contributed by atoms with Crippen LogP contribution in [0.25, 0.3) is 0 Å². The first-order valence-corrected chi connectivity index (χ1v) is 11.7. The molecule has 0 spiro atoms. The van der Waals surface area contributed by atoms with Crippen molar-refractivity contribution in [1.29, 1.82) is 0 Å². The fourth-order valence-electron chi connectivity index (χ4n) is 4.58. The largest absolute Gasteiger partial charge is 0.490 e. The van der Waals surface area contributed by atoms with Crippen molar-refractivity contribution in [2.45, 2.75) is 51.6 Å². The zero-order valence-corrected chi connectivity index (χ0v) is 19.5. The van der Waals surface area contributed by atoms with Crippen LogP contribution in [0.5, 0.6) is 5.75 Å². The first-order valence-electron chi connectivity index (χ1n) is 11.7. The molecule has 0 aliphatic carbocycles. The van der Waals surface area contributed by atoms with E-state index in [-0.39, 0.29) is 31.3 Å². The monoisotopic (exact) mass is 455 g/mol. The smallest absolute Gasteiger partial charge is 0.227 e. The topological polar surface area (TPSA) is 85.1 Å². The number of rotatable bonds is 7. The molecule has 1 unspecified atom stereocenters. The van der Waals surface area contributed by atoms with Gasteiger partial charge in [0.05, 0.1) is 31.7 Å². The van der Waals surface area contributed by atoms with Crippen molar-refractivity contribution in [3.05, 3.63) is 47.3 Å². The Morgan fingerprint density at radius 2 is 1.79 bits per heavy atom. The van der Waals surface area contributed by atoms with Gasteiger partial charge >= 0.3 is 0 Å². The van der Waals surface area contributed by atoms with E-state index in [0.717, 1.165) is 43.6 Å². The second kappa shape index (κ2) is 10.4. The second-order valence-corrected chi connectivity index (χ2v) is 9.05. The number of piperidine rings is 1. The maximum absolute atomic E-state index is 13.2. The Balaban J connectivity index is 1.49. The molecule has 8 nitrogen and oxygen atoms in total. The van der Waals surface area contributed by atoms with Crippen LogP contribution in [0.2, 0.25) is 0 Å². The Hall–Kier alpha value is -2.87. The Bertz CT molecular complexity index is 935. The summed E-state index contributed by atoms with van der Waals surface area (Å²) in [5.74, 6) is 1.41. The molecule has 0 radical (unpaired) electrons. The van der Waals surface area contributed by atoms with Crippen LogP contribution in [-0.2, 0) is 20.7 Å². The molecule has 1 aromatic carbocycles. The van der Waals surface area contributed by atoms with Gasteiger partial charge in [0.15, 0.2) is 0 Å². The van der Waals surface area contributed by atoms with Crippen molar-refractivity contribution in [3.63, 3.8) is 0 Å². The Morgan fingerprint density at radius 3 is 2.48 bits per heavy atom. The van der Waals surface area contributed by atoms with Gasteiger partial charge in [-0.1, -0.05) is 23.4 Å². The molecular weight excluding hydrogens is 422 g/mol. The van der Waals surface area contributed by atoms with E-state index in [0.29, 0.717) is 31.2 Å². The van der Waals surface area contributed by atoms with Crippen LogP contribution in [0, 0.1) is 13.8 Å². The van der Waals surface area contributed by atoms with Gasteiger partial charge in [-0.3, -0.25) is 9.59 Å². The van der Waals surface area contributed by atoms with Crippen LogP contribution >= 0.6 is 0 Å². The lowest BCUT2D eigenvalue weighted by atomic mass is 9.95. The number of ether oxygens (including phenoxy) is 2. The van der Waals surface area contributed by atoms with Crippen LogP contribution in [0.1, 0.15) is 42.7 Å². The van der Waals surface area contributed by atoms with E-state index < -0.39 is 5.60 Å². The van der Waals surface area contributed by atoms with Crippen LogP contribution in [0.4, 0.5) is 0 Å². The average Bonchev–Trinajstić information content (AvgIpc) is 3.16. The number of hydrogen-bond donors (Lipinski definition) is 0. The minimum atomic E-state index is -0.892. The van der Waals surface area contributed by atoms with E-state index in [2.05, 4.69) is 5.16 Å². The molecular formula is C25H33N3O5. The minimum absolute atomic E-state index is 0.0257. The summed E-state index contributed by atoms with van der Waals surface area (Å²) in [6.07, 6.45) is 3.63. The van der Waals surface area contributed by atoms with Gasteiger partial charge < -0.3 is 23.8 Å². The average molecular weight is 456 g/mol. The summed E-state index contributed by atoms with van der Waals surface area (Å²) < 4.78 is 17.5. The normalized spacial score (nSPS) is 21.2. The molecule has 2 aromatic rings. The van der Waals surface area contributed by atoms with Gasteiger partial charge in [0.25, 0.3) is 0 Å². The van der Waals surface area contributed by atoms with Gasteiger partial charge in [0.1, 0.15) is 23.7 Å². The molecule has 178 valence electrons. The quantitative estimate of drug-likeness (QED) is 0.638. The SMILES string of the molecule is Cc1noc(C)c1CC(=O)N1CCOC(COc2ccccc2)(CC(=O)N2CCCCC2)C1. The third-order valence-corrected chi connectivity index (χ3v) is 6.54. The van der Waals surface area contributed by atoms with Crippen LogP contribution < -0.4 is 4.74 Å². The molecule has 2 fully saturated rings. The molecule has 1 atom stereocenters. The fourth-order valence-corrected chi connectivity index (χ4v) is 4.58. The molecule has 8 heteroatoms. The number of carbonyl (C=O) groups excluding carboxylic acids is 2. The van der Waals surface area contributed by atoms with Crippen molar-refractivity contribution in [1.82, 2.24) is 15.0 Å². The zero-order valence-electron chi connectivity index (χ0n) is 19.5. The van der Waals surface area contributed by atoms with Crippen LogP contribution in [-0.4, -0.2) is 71.8 Å². The number of aryl methyl sites for hydroxylation is 2. The van der Waals surface area contributed by atoms with Gasteiger partial charge in [-0.15, -0.1) is 0 Å². The highest BCUT2D eigenvalue weighted by Gasteiger charge is 2.42. The zero-order chi connectivity index (χ0) is 23.3. The summed E-state index contributed by atoms with van der Waals surface area (Å²) in [4.78, 5) is 30.1. The van der Waals surface area contributed by atoms with E-state index in [1.807, 2.05) is 49.1 Å². The number of likely N-dealkylation sites (tertiary alicyclic amines) is 1. The van der Waals surface area contributed by atoms with Crippen molar-refractivity contribution >= 4 is 11.8 Å². The molecule has 2 amide bonds. The number of nitrogens with zero attached hydrogens (tertiary/aromatic N) is 3. The maximum Gasteiger partial charge on any atom is 0.227 e. The number of amides is 2. The first kappa shape index (κ1) is 23.3. The lowest BCUT2D eigenvalue weighted by molar-refractivity contribution is -0.166. The summed E-state index contributed by atoms with van der Waals surface area (Å²) in [5, 5.41) is 3.96. The van der Waals surface area contributed by atoms with E-state index in [1.165, 1.54) is 0 Å². The predicted octanol–water partition coefficient (Wildman–Crippen LogP) is 2.91. The molecule has 0 saturated carbocycles.